The van der Waals surface area contributed by atoms with Crippen LogP contribution in [0.25, 0.3) is 0 Å². The Labute approximate surface area is 114 Å². The van der Waals surface area contributed by atoms with Crippen molar-refractivity contribution in [1.82, 2.24) is 9.88 Å². The third-order valence-electron chi connectivity index (χ3n) is 4.55. The monoisotopic (exact) mass is 265 g/mol. The van der Waals surface area contributed by atoms with Gasteiger partial charge in [0.05, 0.1) is 10.7 Å². The molecule has 2 bridgehead atoms. The number of halogens is 1. The number of piperidine rings is 1. The van der Waals surface area contributed by atoms with Gasteiger partial charge in [-0.2, -0.15) is 0 Å². The van der Waals surface area contributed by atoms with E-state index in [1.807, 2.05) is 6.07 Å². The van der Waals surface area contributed by atoms with Gasteiger partial charge in [0.15, 0.2) is 0 Å². The van der Waals surface area contributed by atoms with E-state index in [9.17, 15) is 0 Å². The number of rotatable bonds is 3. The Hall–Kier alpha value is -0.800. The molecule has 18 heavy (non-hydrogen) atoms. The Morgan fingerprint density at radius 2 is 2.11 bits per heavy atom. The van der Waals surface area contributed by atoms with Crippen molar-refractivity contribution < 1.29 is 0 Å². The second-order valence-corrected chi connectivity index (χ2v) is 6.03. The fourth-order valence-corrected chi connectivity index (χ4v) is 3.65. The van der Waals surface area contributed by atoms with E-state index < -0.39 is 0 Å². The molecule has 2 saturated heterocycles. The molecule has 2 fully saturated rings. The first-order chi connectivity index (χ1) is 8.74. The van der Waals surface area contributed by atoms with Crippen LogP contribution in [0.1, 0.15) is 25.7 Å². The average Bonchev–Trinajstić information content (AvgIpc) is 2.62. The van der Waals surface area contributed by atoms with Crippen molar-refractivity contribution in [2.45, 2.75) is 37.8 Å². The van der Waals surface area contributed by atoms with E-state index >= 15 is 0 Å². The maximum absolute atomic E-state index is 6.10. The van der Waals surface area contributed by atoms with Crippen LogP contribution in [0.3, 0.4) is 0 Å². The smallest absolute Gasteiger partial charge is 0.0820 e. The van der Waals surface area contributed by atoms with Crippen molar-refractivity contribution in [1.29, 1.82) is 0 Å². The molecule has 0 aromatic carbocycles. The van der Waals surface area contributed by atoms with Gasteiger partial charge in [-0.15, -0.1) is 0 Å². The lowest BCUT2D eigenvalue weighted by Crippen LogP contribution is -2.41. The van der Waals surface area contributed by atoms with Gasteiger partial charge in [-0.25, -0.2) is 0 Å². The first kappa shape index (κ1) is 12.2. The summed E-state index contributed by atoms with van der Waals surface area (Å²) in [7, 11) is 2.28. The van der Waals surface area contributed by atoms with Gasteiger partial charge in [0.1, 0.15) is 0 Å². The standard InChI is InChI=1S/C14H20ClN3/c1-18-11-2-3-12(18)7-10(6-11)8-17-14-4-5-16-9-13(14)15/h4-5,9-12H,2-3,6-8H2,1H3,(H,16,17). The highest BCUT2D eigenvalue weighted by Gasteiger charge is 2.38. The van der Waals surface area contributed by atoms with Crippen molar-refractivity contribution in [3.05, 3.63) is 23.5 Å². The minimum atomic E-state index is 0.716. The summed E-state index contributed by atoms with van der Waals surface area (Å²) in [5.41, 5.74) is 1.01. The quantitative estimate of drug-likeness (QED) is 0.911. The summed E-state index contributed by atoms with van der Waals surface area (Å²) in [6, 6.07) is 3.57. The molecule has 3 nitrogen and oxygen atoms in total. The highest BCUT2D eigenvalue weighted by molar-refractivity contribution is 6.33. The minimum absolute atomic E-state index is 0.716. The number of aromatic nitrogens is 1. The molecule has 3 rings (SSSR count). The molecule has 1 aromatic rings. The molecule has 1 N–H and O–H groups in total. The highest BCUT2D eigenvalue weighted by atomic mass is 35.5. The first-order valence-corrected chi connectivity index (χ1v) is 7.17. The third-order valence-corrected chi connectivity index (χ3v) is 4.85. The van der Waals surface area contributed by atoms with Gasteiger partial charge in [0.2, 0.25) is 0 Å². The lowest BCUT2D eigenvalue weighted by atomic mass is 9.91. The predicted molar refractivity (Wildman–Crippen MR) is 75.0 cm³/mol. The molecule has 0 radical (unpaired) electrons. The molecule has 0 aliphatic carbocycles. The molecule has 4 heteroatoms. The summed E-state index contributed by atoms with van der Waals surface area (Å²) < 4.78 is 0. The molecule has 2 aliphatic rings. The summed E-state index contributed by atoms with van der Waals surface area (Å²) >= 11 is 6.10. The summed E-state index contributed by atoms with van der Waals surface area (Å²) in [5.74, 6) is 0.780. The topological polar surface area (TPSA) is 28.2 Å². The molecule has 98 valence electrons. The van der Waals surface area contributed by atoms with Gasteiger partial charge in [-0.3, -0.25) is 4.98 Å². The number of fused-ring (bicyclic) bond motifs is 2. The van der Waals surface area contributed by atoms with Crippen molar-refractivity contribution in [3.63, 3.8) is 0 Å². The number of anilines is 1. The highest BCUT2D eigenvalue weighted by Crippen LogP contribution is 2.37. The van der Waals surface area contributed by atoms with Crippen LogP contribution in [0, 0.1) is 5.92 Å². The minimum Gasteiger partial charge on any atom is -0.383 e. The molecule has 2 atom stereocenters. The van der Waals surface area contributed by atoms with E-state index in [1.165, 1.54) is 25.7 Å². The average molecular weight is 266 g/mol. The molecule has 0 saturated carbocycles. The zero-order valence-corrected chi connectivity index (χ0v) is 11.5. The Balaban J connectivity index is 1.57. The zero-order valence-electron chi connectivity index (χ0n) is 10.8. The SMILES string of the molecule is CN1C2CCC1CC(CNc1ccncc1Cl)C2. The number of hydrogen-bond acceptors (Lipinski definition) is 3. The van der Waals surface area contributed by atoms with Gasteiger partial charge in [-0.05, 0) is 44.7 Å². The number of pyridine rings is 1. The van der Waals surface area contributed by atoms with Crippen LogP contribution in [0.15, 0.2) is 18.5 Å². The van der Waals surface area contributed by atoms with E-state index in [4.69, 9.17) is 11.6 Å². The van der Waals surface area contributed by atoms with E-state index in [0.717, 1.165) is 30.2 Å². The van der Waals surface area contributed by atoms with Gasteiger partial charge >= 0.3 is 0 Å². The Kier molecular flexibility index (Phi) is 3.44. The van der Waals surface area contributed by atoms with Crippen molar-refractivity contribution in [3.8, 4) is 0 Å². The lowest BCUT2D eigenvalue weighted by molar-refractivity contribution is 0.139. The van der Waals surface area contributed by atoms with Crippen LogP contribution in [0.4, 0.5) is 5.69 Å². The van der Waals surface area contributed by atoms with Crippen molar-refractivity contribution in [2.75, 3.05) is 18.9 Å². The molecule has 1 aromatic heterocycles. The second-order valence-electron chi connectivity index (χ2n) is 5.62. The Morgan fingerprint density at radius 1 is 1.39 bits per heavy atom. The second kappa shape index (κ2) is 5.06. The molecule has 2 aliphatic heterocycles. The van der Waals surface area contributed by atoms with Crippen molar-refractivity contribution >= 4 is 17.3 Å². The summed E-state index contributed by atoms with van der Waals surface area (Å²) in [4.78, 5) is 6.58. The maximum atomic E-state index is 6.10. The Morgan fingerprint density at radius 3 is 2.78 bits per heavy atom. The maximum Gasteiger partial charge on any atom is 0.0820 e. The number of nitrogens with zero attached hydrogens (tertiary/aromatic N) is 2. The summed E-state index contributed by atoms with van der Waals surface area (Å²) in [6.07, 6.45) is 8.89. The fourth-order valence-electron chi connectivity index (χ4n) is 3.46. The molecular weight excluding hydrogens is 246 g/mol. The summed E-state index contributed by atoms with van der Waals surface area (Å²) in [6.45, 7) is 1.03. The predicted octanol–water partition coefficient (Wildman–Crippen LogP) is 3.02. The van der Waals surface area contributed by atoms with Gasteiger partial charge in [0, 0.05) is 31.0 Å². The normalized spacial score (nSPS) is 31.6. The van der Waals surface area contributed by atoms with Crippen LogP contribution in [-0.2, 0) is 0 Å². The van der Waals surface area contributed by atoms with Crippen LogP contribution in [-0.4, -0.2) is 35.6 Å². The van der Waals surface area contributed by atoms with Gasteiger partial charge < -0.3 is 10.2 Å². The van der Waals surface area contributed by atoms with E-state index in [2.05, 4.69) is 22.2 Å². The van der Waals surface area contributed by atoms with E-state index in [-0.39, 0.29) is 0 Å². The number of hydrogen-bond donors (Lipinski definition) is 1. The van der Waals surface area contributed by atoms with Gasteiger partial charge in [-0.1, -0.05) is 11.6 Å². The fraction of sp³-hybridized carbons (Fsp3) is 0.643. The molecule has 3 heterocycles. The molecule has 0 spiro atoms. The van der Waals surface area contributed by atoms with Crippen LogP contribution in [0.5, 0.6) is 0 Å². The van der Waals surface area contributed by atoms with Crippen LogP contribution < -0.4 is 5.32 Å². The third kappa shape index (κ3) is 2.34. The molecular formula is C14H20ClN3. The lowest BCUT2D eigenvalue weighted by Gasteiger charge is -2.36. The van der Waals surface area contributed by atoms with Crippen LogP contribution >= 0.6 is 11.6 Å². The van der Waals surface area contributed by atoms with Crippen molar-refractivity contribution in [2.24, 2.45) is 5.92 Å². The first-order valence-electron chi connectivity index (χ1n) is 6.79. The largest absolute Gasteiger partial charge is 0.383 e. The van der Waals surface area contributed by atoms with E-state index in [0.29, 0.717) is 5.02 Å². The Bertz CT molecular complexity index is 409. The molecule has 0 amide bonds. The molecule has 2 unspecified atom stereocenters. The summed E-state index contributed by atoms with van der Waals surface area (Å²) in [5, 5.41) is 4.19. The van der Waals surface area contributed by atoms with Crippen LogP contribution in [0.2, 0.25) is 5.02 Å². The van der Waals surface area contributed by atoms with E-state index in [1.54, 1.807) is 12.4 Å². The number of nitrogens with one attached hydrogen (secondary N) is 1. The zero-order chi connectivity index (χ0) is 12.5. The van der Waals surface area contributed by atoms with Gasteiger partial charge in [0.25, 0.3) is 0 Å².